The third-order valence-electron chi connectivity index (χ3n) is 3.67. The molecule has 2 atom stereocenters. The molecule has 2 unspecified atom stereocenters. The van der Waals surface area contributed by atoms with E-state index in [9.17, 15) is 9.59 Å². The van der Waals surface area contributed by atoms with Crippen molar-refractivity contribution in [2.24, 2.45) is 17.8 Å². The maximum Gasteiger partial charge on any atom is 0.316 e. The van der Waals surface area contributed by atoms with E-state index in [1.807, 2.05) is 0 Å². The summed E-state index contributed by atoms with van der Waals surface area (Å²) >= 11 is 3.41. The highest BCUT2D eigenvalue weighted by Gasteiger charge is 2.43. The highest BCUT2D eigenvalue weighted by atomic mass is 79.9. The van der Waals surface area contributed by atoms with E-state index in [1.54, 1.807) is 6.92 Å². The van der Waals surface area contributed by atoms with E-state index >= 15 is 0 Å². The minimum absolute atomic E-state index is 0.0212. The van der Waals surface area contributed by atoms with Crippen LogP contribution in [0.4, 0.5) is 0 Å². The van der Waals surface area contributed by atoms with Crippen molar-refractivity contribution in [1.82, 2.24) is 0 Å². The van der Waals surface area contributed by atoms with Gasteiger partial charge in [-0.3, -0.25) is 9.59 Å². The van der Waals surface area contributed by atoms with Crippen LogP contribution in [0.15, 0.2) is 0 Å². The van der Waals surface area contributed by atoms with E-state index in [0.717, 1.165) is 6.42 Å². The van der Waals surface area contributed by atoms with Crippen molar-refractivity contribution in [2.75, 3.05) is 6.61 Å². The van der Waals surface area contributed by atoms with Gasteiger partial charge < -0.3 is 4.74 Å². The summed E-state index contributed by atoms with van der Waals surface area (Å²) in [4.78, 5) is 23.6. The number of carbonyl (C=O) groups excluding carboxylic acids is 2. The van der Waals surface area contributed by atoms with Crippen molar-refractivity contribution in [3.8, 4) is 0 Å². The number of Topliss-reactive ketones (excluding diaryl/α,β-unsaturated/α-hetero) is 1. The second-order valence-electron chi connectivity index (χ2n) is 4.85. The fourth-order valence-corrected chi connectivity index (χ4v) is 3.64. The number of ketones is 1. The topological polar surface area (TPSA) is 43.4 Å². The summed E-state index contributed by atoms with van der Waals surface area (Å²) in [6, 6.07) is 0. The molecule has 90 valence electrons. The van der Waals surface area contributed by atoms with Gasteiger partial charge in [0.1, 0.15) is 5.92 Å². The van der Waals surface area contributed by atoms with Crippen LogP contribution in [0.2, 0.25) is 0 Å². The maximum absolute atomic E-state index is 12.0. The number of halogens is 1. The summed E-state index contributed by atoms with van der Waals surface area (Å²) in [6.45, 7) is 2.12. The first kappa shape index (κ1) is 12.1. The summed E-state index contributed by atoms with van der Waals surface area (Å²) < 4.78 is 4.98. The van der Waals surface area contributed by atoms with Crippen molar-refractivity contribution in [3.63, 3.8) is 0 Å². The Bertz CT molecular complexity index is 297. The molecule has 0 aromatic rings. The molecule has 0 saturated heterocycles. The molecule has 3 aliphatic rings. The smallest absolute Gasteiger partial charge is 0.316 e. The zero-order valence-corrected chi connectivity index (χ0v) is 11.0. The van der Waals surface area contributed by atoms with Gasteiger partial charge in [-0.1, -0.05) is 15.9 Å². The number of fused-ring (bicyclic) bond motifs is 4. The molecule has 16 heavy (non-hydrogen) atoms. The average Bonchev–Trinajstić information content (AvgIpc) is 2.18. The molecule has 3 nitrogen and oxygen atoms in total. The standard InChI is InChI=1S/C12H17BrO3/c1-2-16-12(15)9-5-7-3-8(4-7)6-10(13)11(9)14/h7-10H,2-6H2,1H3. The molecule has 3 rings (SSSR count). The zero-order valence-electron chi connectivity index (χ0n) is 9.45. The molecule has 0 spiro atoms. The third-order valence-corrected chi connectivity index (χ3v) is 4.49. The van der Waals surface area contributed by atoms with Gasteiger partial charge in [0.15, 0.2) is 5.78 Å². The zero-order chi connectivity index (χ0) is 11.7. The first-order valence-corrected chi connectivity index (χ1v) is 6.87. The summed E-state index contributed by atoms with van der Waals surface area (Å²) in [5.41, 5.74) is 0. The number of ether oxygens (including phenoxy) is 1. The molecule has 0 aliphatic heterocycles. The summed E-state index contributed by atoms with van der Waals surface area (Å²) in [6.07, 6.45) is 3.91. The van der Waals surface area contributed by atoms with Gasteiger partial charge in [0.25, 0.3) is 0 Å². The van der Waals surface area contributed by atoms with Gasteiger partial charge in [-0.2, -0.15) is 0 Å². The van der Waals surface area contributed by atoms with Crippen molar-refractivity contribution in [1.29, 1.82) is 0 Å². The Balaban J connectivity index is 2.07. The minimum Gasteiger partial charge on any atom is -0.465 e. The third kappa shape index (κ3) is 2.31. The Morgan fingerprint density at radius 3 is 2.56 bits per heavy atom. The average molecular weight is 289 g/mol. The van der Waals surface area contributed by atoms with Crippen LogP contribution in [-0.4, -0.2) is 23.2 Å². The number of esters is 1. The molecular weight excluding hydrogens is 272 g/mol. The first-order chi connectivity index (χ1) is 7.61. The van der Waals surface area contributed by atoms with E-state index in [0.29, 0.717) is 24.9 Å². The molecule has 0 heterocycles. The quantitative estimate of drug-likeness (QED) is 0.445. The molecule has 0 amide bonds. The highest BCUT2D eigenvalue weighted by molar-refractivity contribution is 9.10. The molecule has 3 fully saturated rings. The van der Waals surface area contributed by atoms with Crippen molar-refractivity contribution >= 4 is 27.7 Å². The Morgan fingerprint density at radius 2 is 1.94 bits per heavy atom. The molecule has 0 radical (unpaired) electrons. The molecule has 3 aliphatic carbocycles. The number of hydrogen-bond donors (Lipinski definition) is 0. The monoisotopic (exact) mass is 288 g/mol. The number of hydrogen-bond acceptors (Lipinski definition) is 3. The molecule has 0 aromatic carbocycles. The predicted octanol–water partition coefficient (Wildman–Crippen LogP) is 2.32. The van der Waals surface area contributed by atoms with Crippen molar-refractivity contribution in [3.05, 3.63) is 0 Å². The second-order valence-corrected chi connectivity index (χ2v) is 5.95. The van der Waals surface area contributed by atoms with Crippen LogP contribution in [0, 0.1) is 17.8 Å². The van der Waals surface area contributed by atoms with Gasteiger partial charge in [0.05, 0.1) is 11.4 Å². The largest absolute Gasteiger partial charge is 0.465 e. The van der Waals surface area contributed by atoms with Gasteiger partial charge in [-0.25, -0.2) is 0 Å². The summed E-state index contributed by atoms with van der Waals surface area (Å²) in [5, 5.41) is 0. The molecule has 0 N–H and O–H groups in total. The van der Waals surface area contributed by atoms with Gasteiger partial charge >= 0.3 is 5.97 Å². The highest BCUT2D eigenvalue weighted by Crippen LogP contribution is 2.44. The Labute approximate surface area is 104 Å². The van der Waals surface area contributed by atoms with Gasteiger partial charge in [-0.05, 0) is 44.4 Å². The fraction of sp³-hybridized carbons (Fsp3) is 0.833. The van der Waals surface area contributed by atoms with Crippen LogP contribution in [0.1, 0.15) is 32.6 Å². The van der Waals surface area contributed by atoms with E-state index in [1.165, 1.54) is 12.8 Å². The van der Waals surface area contributed by atoms with Crippen molar-refractivity contribution in [2.45, 2.75) is 37.4 Å². The molecule has 2 bridgehead atoms. The van der Waals surface area contributed by atoms with Gasteiger partial charge in [0, 0.05) is 0 Å². The normalized spacial score (nSPS) is 38.2. The molecular formula is C12H17BrO3. The second kappa shape index (κ2) is 4.86. The Hall–Kier alpha value is -0.380. The first-order valence-electron chi connectivity index (χ1n) is 5.96. The van der Waals surface area contributed by atoms with Crippen LogP contribution < -0.4 is 0 Å². The molecule has 0 aromatic heterocycles. The lowest BCUT2D eigenvalue weighted by atomic mass is 9.66. The van der Waals surface area contributed by atoms with Gasteiger partial charge in [-0.15, -0.1) is 0 Å². The Kier molecular flexibility index (Phi) is 3.67. The van der Waals surface area contributed by atoms with Crippen LogP contribution in [0.3, 0.4) is 0 Å². The predicted molar refractivity (Wildman–Crippen MR) is 63.3 cm³/mol. The lowest BCUT2D eigenvalue weighted by Crippen LogP contribution is -2.41. The van der Waals surface area contributed by atoms with Crippen LogP contribution in [-0.2, 0) is 14.3 Å². The molecule has 4 heteroatoms. The Morgan fingerprint density at radius 1 is 1.31 bits per heavy atom. The SMILES string of the molecule is CCOC(=O)C1CC2CC(C2)CC(Br)C1=O. The maximum atomic E-state index is 12.0. The van der Waals surface area contributed by atoms with Crippen molar-refractivity contribution < 1.29 is 14.3 Å². The van der Waals surface area contributed by atoms with Crippen LogP contribution in [0.5, 0.6) is 0 Å². The van der Waals surface area contributed by atoms with E-state index in [4.69, 9.17) is 4.74 Å². The molecule has 3 saturated carbocycles. The van der Waals surface area contributed by atoms with E-state index in [-0.39, 0.29) is 16.6 Å². The summed E-state index contributed by atoms with van der Waals surface area (Å²) in [5.74, 6) is 0.399. The van der Waals surface area contributed by atoms with Crippen LogP contribution >= 0.6 is 15.9 Å². The number of rotatable bonds is 2. The lowest BCUT2D eigenvalue weighted by Gasteiger charge is -2.40. The van der Waals surface area contributed by atoms with E-state index < -0.39 is 5.92 Å². The lowest BCUT2D eigenvalue weighted by molar-refractivity contribution is -0.153. The minimum atomic E-state index is -0.532. The van der Waals surface area contributed by atoms with Gasteiger partial charge in [0.2, 0.25) is 0 Å². The van der Waals surface area contributed by atoms with Crippen LogP contribution in [0.25, 0.3) is 0 Å². The summed E-state index contributed by atoms with van der Waals surface area (Å²) in [7, 11) is 0. The fourth-order valence-electron chi connectivity index (χ4n) is 2.79. The van der Waals surface area contributed by atoms with E-state index in [2.05, 4.69) is 15.9 Å². The number of carbonyl (C=O) groups is 2. The number of alkyl halides is 1.